The summed E-state index contributed by atoms with van der Waals surface area (Å²) in [6.45, 7) is 0.518. The fourth-order valence-corrected chi connectivity index (χ4v) is 1.75. The van der Waals surface area contributed by atoms with Crippen molar-refractivity contribution in [1.29, 1.82) is 0 Å². The van der Waals surface area contributed by atoms with Gasteiger partial charge >= 0.3 is 5.97 Å². The van der Waals surface area contributed by atoms with Crippen LogP contribution in [0.1, 0.15) is 17.5 Å². The van der Waals surface area contributed by atoms with Gasteiger partial charge in [-0.15, -0.1) is 0 Å². The van der Waals surface area contributed by atoms with E-state index in [0.717, 1.165) is 16.9 Å². The van der Waals surface area contributed by atoms with Crippen molar-refractivity contribution in [2.45, 2.75) is 19.4 Å². The molecule has 1 aromatic carbocycles. The third-order valence-electron chi connectivity index (χ3n) is 2.92. The number of aromatic nitrogens is 1. The van der Waals surface area contributed by atoms with E-state index in [9.17, 15) is 4.79 Å². The Bertz CT molecular complexity index is 537. The zero-order valence-electron chi connectivity index (χ0n) is 11.4. The van der Waals surface area contributed by atoms with Gasteiger partial charge in [-0.3, -0.25) is 9.78 Å². The van der Waals surface area contributed by atoms with Gasteiger partial charge in [-0.1, -0.05) is 12.1 Å². The van der Waals surface area contributed by atoms with E-state index in [1.165, 1.54) is 7.11 Å². The Hall–Kier alpha value is -2.36. The molecule has 2 rings (SSSR count). The Morgan fingerprint density at radius 3 is 2.40 bits per heavy atom. The maximum absolute atomic E-state index is 11.1. The lowest BCUT2D eigenvalue weighted by Gasteiger charge is -2.07. The topological polar surface area (TPSA) is 48.4 Å². The minimum atomic E-state index is -0.192. The van der Waals surface area contributed by atoms with Crippen LogP contribution in [0.2, 0.25) is 0 Å². The van der Waals surface area contributed by atoms with Crippen molar-refractivity contribution >= 4 is 5.97 Å². The van der Waals surface area contributed by atoms with E-state index in [1.54, 1.807) is 12.4 Å². The number of carbonyl (C=O) groups excluding carboxylic acids is 1. The number of rotatable bonds is 6. The third kappa shape index (κ3) is 4.39. The molecule has 0 atom stereocenters. The summed E-state index contributed by atoms with van der Waals surface area (Å²) >= 11 is 0. The summed E-state index contributed by atoms with van der Waals surface area (Å²) < 4.78 is 10.3. The van der Waals surface area contributed by atoms with Gasteiger partial charge in [0, 0.05) is 18.8 Å². The Morgan fingerprint density at radius 1 is 1.05 bits per heavy atom. The van der Waals surface area contributed by atoms with Crippen molar-refractivity contribution < 1.29 is 14.3 Å². The molecule has 0 spiro atoms. The van der Waals surface area contributed by atoms with E-state index in [2.05, 4.69) is 9.72 Å². The molecule has 0 fully saturated rings. The first-order valence-corrected chi connectivity index (χ1v) is 6.45. The van der Waals surface area contributed by atoms with E-state index < -0.39 is 0 Å². The van der Waals surface area contributed by atoms with Crippen molar-refractivity contribution in [1.82, 2.24) is 4.98 Å². The van der Waals surface area contributed by atoms with Gasteiger partial charge in [-0.05, 0) is 41.8 Å². The Labute approximate surface area is 118 Å². The molecule has 0 bridgehead atoms. The average molecular weight is 271 g/mol. The van der Waals surface area contributed by atoms with Gasteiger partial charge in [0.15, 0.2) is 0 Å². The lowest BCUT2D eigenvalue weighted by atomic mass is 10.1. The first-order chi connectivity index (χ1) is 9.78. The maximum Gasteiger partial charge on any atom is 0.305 e. The van der Waals surface area contributed by atoms with E-state index in [1.807, 2.05) is 36.4 Å². The standard InChI is InChI=1S/C16H17NO3/c1-19-16(18)7-4-13-2-5-15(6-3-13)20-12-14-8-10-17-11-9-14/h2-3,5-6,8-11H,4,7,12H2,1H3. The molecule has 0 saturated carbocycles. The summed E-state index contributed by atoms with van der Waals surface area (Å²) in [4.78, 5) is 15.0. The van der Waals surface area contributed by atoms with E-state index in [0.29, 0.717) is 19.4 Å². The van der Waals surface area contributed by atoms with Crippen molar-refractivity contribution in [2.24, 2.45) is 0 Å². The minimum Gasteiger partial charge on any atom is -0.489 e. The van der Waals surface area contributed by atoms with Gasteiger partial charge < -0.3 is 9.47 Å². The first-order valence-electron chi connectivity index (χ1n) is 6.45. The van der Waals surface area contributed by atoms with Gasteiger partial charge in [0.05, 0.1) is 7.11 Å². The lowest BCUT2D eigenvalue weighted by Crippen LogP contribution is -2.01. The van der Waals surface area contributed by atoms with Crippen molar-refractivity contribution in [3.63, 3.8) is 0 Å². The van der Waals surface area contributed by atoms with Crippen LogP contribution in [-0.4, -0.2) is 18.1 Å². The van der Waals surface area contributed by atoms with Crippen LogP contribution in [0.3, 0.4) is 0 Å². The van der Waals surface area contributed by atoms with E-state index in [-0.39, 0.29) is 5.97 Å². The SMILES string of the molecule is COC(=O)CCc1ccc(OCc2ccncc2)cc1. The molecule has 4 heteroatoms. The fraction of sp³-hybridized carbons (Fsp3) is 0.250. The second kappa shape index (κ2) is 7.28. The number of methoxy groups -OCH3 is 1. The summed E-state index contributed by atoms with van der Waals surface area (Å²) in [7, 11) is 1.40. The molecule has 0 aliphatic carbocycles. The molecule has 1 aromatic heterocycles. The first kappa shape index (κ1) is 14.1. The number of nitrogens with zero attached hydrogens (tertiary/aromatic N) is 1. The summed E-state index contributed by atoms with van der Waals surface area (Å²) in [5, 5.41) is 0. The third-order valence-corrected chi connectivity index (χ3v) is 2.92. The van der Waals surface area contributed by atoms with Crippen LogP contribution in [0.15, 0.2) is 48.8 Å². The van der Waals surface area contributed by atoms with Crippen LogP contribution in [0.5, 0.6) is 5.75 Å². The molecule has 0 N–H and O–H groups in total. The smallest absolute Gasteiger partial charge is 0.305 e. The maximum atomic E-state index is 11.1. The lowest BCUT2D eigenvalue weighted by molar-refractivity contribution is -0.140. The minimum absolute atomic E-state index is 0.192. The van der Waals surface area contributed by atoms with Gasteiger partial charge in [-0.2, -0.15) is 0 Å². The quantitative estimate of drug-likeness (QED) is 0.758. The van der Waals surface area contributed by atoms with Crippen LogP contribution in [0.25, 0.3) is 0 Å². The molecule has 104 valence electrons. The number of hydrogen-bond donors (Lipinski definition) is 0. The number of ether oxygens (including phenoxy) is 2. The molecule has 0 aliphatic heterocycles. The van der Waals surface area contributed by atoms with E-state index >= 15 is 0 Å². The van der Waals surface area contributed by atoms with Crippen molar-refractivity contribution in [3.05, 3.63) is 59.9 Å². The second-order valence-electron chi connectivity index (χ2n) is 4.36. The fourth-order valence-electron chi connectivity index (χ4n) is 1.75. The highest BCUT2D eigenvalue weighted by molar-refractivity contribution is 5.69. The van der Waals surface area contributed by atoms with Crippen LogP contribution in [0, 0.1) is 0 Å². The normalized spacial score (nSPS) is 10.1. The number of hydrogen-bond acceptors (Lipinski definition) is 4. The van der Waals surface area contributed by atoms with Gasteiger partial charge in [0.1, 0.15) is 12.4 Å². The van der Waals surface area contributed by atoms with Crippen LogP contribution in [0.4, 0.5) is 0 Å². The molecule has 20 heavy (non-hydrogen) atoms. The Morgan fingerprint density at radius 2 is 1.75 bits per heavy atom. The largest absolute Gasteiger partial charge is 0.489 e. The number of pyridine rings is 1. The predicted octanol–water partition coefficient (Wildman–Crippen LogP) is 2.77. The van der Waals surface area contributed by atoms with Crippen LogP contribution >= 0.6 is 0 Å². The molecular formula is C16H17NO3. The summed E-state index contributed by atoms with van der Waals surface area (Å²) in [6, 6.07) is 11.6. The Kier molecular flexibility index (Phi) is 5.12. The van der Waals surface area contributed by atoms with Gasteiger partial charge in [0.25, 0.3) is 0 Å². The summed E-state index contributed by atoms with van der Waals surface area (Å²) in [6.07, 6.45) is 4.56. The summed E-state index contributed by atoms with van der Waals surface area (Å²) in [5.41, 5.74) is 2.17. The molecule has 2 aromatic rings. The molecule has 0 amide bonds. The van der Waals surface area contributed by atoms with Crippen LogP contribution < -0.4 is 4.74 Å². The molecule has 0 radical (unpaired) electrons. The predicted molar refractivity (Wildman–Crippen MR) is 75.3 cm³/mol. The average Bonchev–Trinajstić information content (AvgIpc) is 2.52. The molecule has 4 nitrogen and oxygen atoms in total. The monoisotopic (exact) mass is 271 g/mol. The molecule has 0 saturated heterocycles. The zero-order valence-corrected chi connectivity index (χ0v) is 11.4. The van der Waals surface area contributed by atoms with Crippen molar-refractivity contribution in [2.75, 3.05) is 7.11 Å². The molecule has 0 unspecified atom stereocenters. The highest BCUT2D eigenvalue weighted by Gasteiger charge is 2.02. The highest BCUT2D eigenvalue weighted by Crippen LogP contribution is 2.15. The Balaban J connectivity index is 1.84. The number of carbonyl (C=O) groups is 1. The second-order valence-corrected chi connectivity index (χ2v) is 4.36. The molecular weight excluding hydrogens is 254 g/mol. The van der Waals surface area contributed by atoms with Gasteiger partial charge in [0.2, 0.25) is 0 Å². The van der Waals surface area contributed by atoms with Crippen molar-refractivity contribution in [3.8, 4) is 5.75 Å². The summed E-state index contributed by atoms with van der Waals surface area (Å²) in [5.74, 6) is 0.617. The zero-order chi connectivity index (χ0) is 14.2. The van der Waals surface area contributed by atoms with Crippen LogP contribution in [-0.2, 0) is 22.6 Å². The number of benzene rings is 1. The highest BCUT2D eigenvalue weighted by atomic mass is 16.5. The molecule has 0 aliphatic rings. The number of esters is 1. The van der Waals surface area contributed by atoms with E-state index in [4.69, 9.17) is 4.74 Å². The molecule has 1 heterocycles. The van der Waals surface area contributed by atoms with Gasteiger partial charge in [-0.25, -0.2) is 0 Å². The number of aryl methyl sites for hydroxylation is 1.